The van der Waals surface area contributed by atoms with Crippen molar-refractivity contribution >= 4 is 38.7 Å². The van der Waals surface area contributed by atoms with E-state index in [1.54, 1.807) is 6.08 Å². The Morgan fingerprint density at radius 3 is 2.52 bits per heavy atom. The Kier molecular flexibility index (Phi) is 7.02. The van der Waals surface area contributed by atoms with Gasteiger partial charge in [0, 0.05) is 72.0 Å². The van der Waals surface area contributed by atoms with Crippen molar-refractivity contribution in [3.05, 3.63) is 76.4 Å². The zero-order valence-electron chi connectivity index (χ0n) is 17.7. The molecule has 1 fully saturated rings. The van der Waals surface area contributed by atoms with Crippen molar-refractivity contribution in [1.29, 1.82) is 0 Å². The molecule has 1 aliphatic rings. The molecule has 0 aliphatic carbocycles. The average Bonchev–Trinajstić information content (AvgIpc) is 3.11. The normalized spacial score (nSPS) is 16.9. The van der Waals surface area contributed by atoms with Crippen LogP contribution in [0.5, 0.6) is 0 Å². The van der Waals surface area contributed by atoms with E-state index < -0.39 is 6.10 Å². The molecule has 2 aromatic carbocycles. The Hall–Kier alpha value is -2.25. The second-order valence-corrected chi connectivity index (χ2v) is 9.13. The number of allylic oxidation sites excluding steroid dienone is 1. The highest BCUT2D eigenvalue weighted by atomic mass is 79.9. The van der Waals surface area contributed by atoms with Gasteiger partial charge in [0.25, 0.3) is 0 Å². The molecule has 2 heterocycles. The maximum Gasteiger partial charge on any atom is 0.185 e. The molecule has 1 N–H and O–H groups in total. The summed E-state index contributed by atoms with van der Waals surface area (Å²) in [7, 11) is 2.14. The molecule has 5 nitrogen and oxygen atoms in total. The number of nitrogens with zero attached hydrogens (tertiary/aromatic N) is 3. The van der Waals surface area contributed by atoms with Crippen LogP contribution in [0.25, 0.3) is 17.0 Å². The van der Waals surface area contributed by atoms with Gasteiger partial charge in [-0.1, -0.05) is 34.1 Å². The zero-order chi connectivity index (χ0) is 21.8. The maximum absolute atomic E-state index is 12.5. The van der Waals surface area contributed by atoms with Crippen LogP contribution in [0, 0.1) is 0 Å². The van der Waals surface area contributed by atoms with Gasteiger partial charge < -0.3 is 14.6 Å². The molecule has 0 amide bonds. The molecule has 0 bridgehead atoms. The summed E-state index contributed by atoms with van der Waals surface area (Å²) < 4.78 is 3.05. The summed E-state index contributed by atoms with van der Waals surface area (Å²) >= 11 is 3.40. The van der Waals surface area contributed by atoms with E-state index >= 15 is 0 Å². The SMILES string of the molecule is CN1CCN(CC(O)Cn2cc(/C=C/C(=O)c3ccc(Br)cc3)c3ccccc32)CC1. The summed E-state index contributed by atoms with van der Waals surface area (Å²) in [4.78, 5) is 17.2. The molecule has 1 aromatic heterocycles. The standard InChI is InChI=1S/C25H28BrN3O2/c1-27-12-14-28(15-13-27)17-22(30)18-29-16-20(23-4-2-3-5-24(23)29)8-11-25(31)19-6-9-21(26)10-7-19/h2-11,16,22,30H,12-15,17-18H2,1H3/b11-8+. The van der Waals surface area contributed by atoms with Crippen molar-refractivity contribution in [2.24, 2.45) is 0 Å². The largest absolute Gasteiger partial charge is 0.390 e. The number of hydrogen-bond donors (Lipinski definition) is 1. The Balaban J connectivity index is 1.49. The number of aliphatic hydroxyl groups is 1. The lowest BCUT2D eigenvalue weighted by molar-refractivity contribution is 0.0717. The van der Waals surface area contributed by atoms with Crippen molar-refractivity contribution in [1.82, 2.24) is 14.4 Å². The predicted molar refractivity (Wildman–Crippen MR) is 129 cm³/mol. The zero-order valence-corrected chi connectivity index (χ0v) is 19.3. The monoisotopic (exact) mass is 481 g/mol. The number of para-hydroxylation sites is 1. The van der Waals surface area contributed by atoms with E-state index in [0.29, 0.717) is 18.7 Å². The van der Waals surface area contributed by atoms with Gasteiger partial charge in [-0.25, -0.2) is 0 Å². The number of fused-ring (bicyclic) bond motifs is 1. The lowest BCUT2D eigenvalue weighted by atomic mass is 10.1. The number of aliphatic hydroxyl groups excluding tert-OH is 1. The molecule has 0 radical (unpaired) electrons. The first-order chi connectivity index (χ1) is 15.0. The Labute approximate surface area is 191 Å². The molecule has 162 valence electrons. The first-order valence-corrected chi connectivity index (χ1v) is 11.4. The first-order valence-electron chi connectivity index (χ1n) is 10.6. The van der Waals surface area contributed by atoms with Crippen molar-refractivity contribution in [3.63, 3.8) is 0 Å². The van der Waals surface area contributed by atoms with Gasteiger partial charge in [-0.15, -0.1) is 0 Å². The minimum atomic E-state index is -0.444. The Morgan fingerprint density at radius 2 is 1.77 bits per heavy atom. The Morgan fingerprint density at radius 1 is 1.06 bits per heavy atom. The molecule has 4 rings (SSSR count). The molecule has 0 spiro atoms. The van der Waals surface area contributed by atoms with E-state index in [-0.39, 0.29) is 5.78 Å². The van der Waals surface area contributed by atoms with Crippen LogP contribution in [0.15, 0.2) is 65.3 Å². The number of benzene rings is 2. The van der Waals surface area contributed by atoms with Gasteiger partial charge >= 0.3 is 0 Å². The van der Waals surface area contributed by atoms with Crippen LogP contribution < -0.4 is 0 Å². The van der Waals surface area contributed by atoms with Crippen LogP contribution in [0.3, 0.4) is 0 Å². The fourth-order valence-electron chi connectivity index (χ4n) is 4.05. The topological polar surface area (TPSA) is 48.7 Å². The van der Waals surface area contributed by atoms with Crippen LogP contribution in [-0.4, -0.2) is 71.1 Å². The summed E-state index contributed by atoms with van der Waals surface area (Å²) in [6.07, 6.45) is 5.08. The predicted octanol–water partition coefficient (Wildman–Crippen LogP) is 3.91. The number of hydrogen-bond acceptors (Lipinski definition) is 4. The summed E-state index contributed by atoms with van der Waals surface area (Å²) in [5.41, 5.74) is 2.70. The third-order valence-electron chi connectivity index (χ3n) is 5.83. The fourth-order valence-corrected chi connectivity index (χ4v) is 4.31. The lowest BCUT2D eigenvalue weighted by Crippen LogP contribution is -2.47. The van der Waals surface area contributed by atoms with Crippen molar-refractivity contribution in [2.75, 3.05) is 39.8 Å². The number of carbonyl (C=O) groups excluding carboxylic acids is 1. The summed E-state index contributed by atoms with van der Waals surface area (Å²) in [5.74, 6) is -0.0283. The van der Waals surface area contributed by atoms with Crippen molar-refractivity contribution < 1.29 is 9.90 Å². The van der Waals surface area contributed by atoms with Crippen LogP contribution in [0.4, 0.5) is 0 Å². The highest BCUT2D eigenvalue weighted by Gasteiger charge is 2.18. The van der Waals surface area contributed by atoms with Gasteiger partial charge in [0.15, 0.2) is 5.78 Å². The van der Waals surface area contributed by atoms with Crippen LogP contribution in [0.1, 0.15) is 15.9 Å². The number of aromatic nitrogens is 1. The Bertz CT molecular complexity index is 1070. The quantitative estimate of drug-likeness (QED) is 0.410. The van der Waals surface area contributed by atoms with E-state index in [0.717, 1.165) is 47.1 Å². The van der Waals surface area contributed by atoms with Crippen LogP contribution in [-0.2, 0) is 6.54 Å². The number of halogens is 1. The van der Waals surface area contributed by atoms with Crippen molar-refractivity contribution in [2.45, 2.75) is 12.6 Å². The lowest BCUT2D eigenvalue weighted by Gasteiger charge is -2.33. The van der Waals surface area contributed by atoms with Crippen molar-refractivity contribution in [3.8, 4) is 0 Å². The maximum atomic E-state index is 12.5. The second-order valence-electron chi connectivity index (χ2n) is 8.22. The molecule has 1 saturated heterocycles. The number of rotatable bonds is 7. The molecule has 6 heteroatoms. The molecule has 31 heavy (non-hydrogen) atoms. The first kappa shape index (κ1) is 22.0. The number of piperazine rings is 1. The van der Waals surface area contributed by atoms with E-state index in [4.69, 9.17) is 0 Å². The van der Waals surface area contributed by atoms with Crippen LogP contribution in [0.2, 0.25) is 0 Å². The molecule has 3 aromatic rings. The summed E-state index contributed by atoms with van der Waals surface area (Å²) in [6.45, 7) is 5.27. The van der Waals surface area contributed by atoms with E-state index in [1.807, 2.05) is 48.7 Å². The third-order valence-corrected chi connectivity index (χ3v) is 6.36. The number of carbonyl (C=O) groups is 1. The molecule has 1 unspecified atom stereocenters. The smallest absolute Gasteiger partial charge is 0.185 e. The van der Waals surface area contributed by atoms with E-state index in [1.165, 1.54) is 0 Å². The second kappa shape index (κ2) is 9.92. The minimum Gasteiger partial charge on any atom is -0.390 e. The third kappa shape index (κ3) is 5.52. The van der Waals surface area contributed by atoms with E-state index in [2.05, 4.69) is 49.5 Å². The van der Waals surface area contributed by atoms with E-state index in [9.17, 15) is 9.90 Å². The minimum absolute atomic E-state index is 0.0283. The molecular weight excluding hydrogens is 454 g/mol. The summed E-state index contributed by atoms with van der Waals surface area (Å²) in [6, 6.07) is 15.5. The molecular formula is C25H28BrN3O2. The molecule has 0 saturated carbocycles. The number of β-amino-alcohol motifs (C(OH)–C–C–N with tert-alkyl or cyclic N) is 1. The van der Waals surface area contributed by atoms with Gasteiger partial charge in [-0.2, -0.15) is 0 Å². The molecule has 1 atom stereocenters. The highest BCUT2D eigenvalue weighted by molar-refractivity contribution is 9.10. The van der Waals surface area contributed by atoms with Gasteiger partial charge in [0.1, 0.15) is 0 Å². The van der Waals surface area contributed by atoms with Crippen LogP contribution >= 0.6 is 15.9 Å². The number of likely N-dealkylation sites (N-methyl/N-ethyl adjacent to an activating group) is 1. The summed E-state index contributed by atoms with van der Waals surface area (Å²) in [5, 5.41) is 11.8. The van der Waals surface area contributed by atoms with Gasteiger partial charge in [-0.3, -0.25) is 9.69 Å². The van der Waals surface area contributed by atoms with Gasteiger partial charge in [-0.05, 0) is 49.5 Å². The molecule has 1 aliphatic heterocycles. The van der Waals surface area contributed by atoms with Gasteiger partial charge in [0.2, 0.25) is 0 Å². The fraction of sp³-hybridized carbons (Fsp3) is 0.320. The average molecular weight is 482 g/mol. The van der Waals surface area contributed by atoms with Gasteiger partial charge in [0.05, 0.1) is 6.10 Å². The highest BCUT2D eigenvalue weighted by Crippen LogP contribution is 2.23. The number of ketones is 1.